The number of halogens is 1. The van der Waals surface area contributed by atoms with Gasteiger partial charge in [-0.3, -0.25) is 0 Å². The first-order chi connectivity index (χ1) is 8.70. The zero-order valence-electron chi connectivity index (χ0n) is 10.6. The van der Waals surface area contributed by atoms with Crippen molar-refractivity contribution < 1.29 is 4.39 Å². The second kappa shape index (κ2) is 5.69. The lowest BCUT2D eigenvalue weighted by Crippen LogP contribution is -2.13. The number of nitrogens with zero attached hydrogens (tertiary/aromatic N) is 2. The van der Waals surface area contributed by atoms with Crippen LogP contribution in [0.25, 0.3) is 11.3 Å². The van der Waals surface area contributed by atoms with Crippen LogP contribution in [0.15, 0.2) is 30.3 Å². The van der Waals surface area contributed by atoms with E-state index in [1.807, 2.05) is 20.0 Å². The van der Waals surface area contributed by atoms with Gasteiger partial charge in [-0.15, -0.1) is 0 Å². The number of hydrogen-bond donors (Lipinski definition) is 1. The maximum absolute atomic E-state index is 13.7. The number of aromatic nitrogens is 2. The molecule has 1 aromatic heterocycles. The molecule has 2 aromatic rings. The van der Waals surface area contributed by atoms with Crippen LogP contribution in [-0.2, 0) is 6.42 Å². The van der Waals surface area contributed by atoms with Crippen LogP contribution in [0.5, 0.6) is 0 Å². The molecule has 0 saturated carbocycles. The topological polar surface area (TPSA) is 37.8 Å². The molecule has 0 unspecified atom stereocenters. The van der Waals surface area contributed by atoms with E-state index < -0.39 is 0 Å². The molecule has 0 aliphatic carbocycles. The van der Waals surface area contributed by atoms with Crippen LogP contribution in [0.1, 0.15) is 11.5 Å². The predicted molar refractivity (Wildman–Crippen MR) is 69.8 cm³/mol. The normalized spacial score (nSPS) is 10.6. The van der Waals surface area contributed by atoms with Crippen LogP contribution >= 0.6 is 0 Å². The molecular weight excluding hydrogens is 229 g/mol. The van der Waals surface area contributed by atoms with Crippen molar-refractivity contribution in [1.82, 2.24) is 15.3 Å². The number of rotatable bonds is 4. The fourth-order valence-electron chi connectivity index (χ4n) is 1.79. The van der Waals surface area contributed by atoms with Gasteiger partial charge < -0.3 is 5.32 Å². The summed E-state index contributed by atoms with van der Waals surface area (Å²) < 4.78 is 13.7. The average Bonchev–Trinajstić information content (AvgIpc) is 2.36. The third-order valence-electron chi connectivity index (χ3n) is 2.65. The van der Waals surface area contributed by atoms with E-state index >= 15 is 0 Å². The molecule has 0 bridgehead atoms. The van der Waals surface area contributed by atoms with Gasteiger partial charge >= 0.3 is 0 Å². The minimum Gasteiger partial charge on any atom is -0.319 e. The highest BCUT2D eigenvalue weighted by molar-refractivity contribution is 5.60. The van der Waals surface area contributed by atoms with Crippen molar-refractivity contribution in [3.05, 3.63) is 47.7 Å². The average molecular weight is 245 g/mol. The second-order valence-corrected chi connectivity index (χ2v) is 4.14. The number of aryl methyl sites for hydroxylation is 1. The molecule has 4 heteroatoms. The zero-order valence-corrected chi connectivity index (χ0v) is 10.6. The molecule has 0 saturated heterocycles. The highest BCUT2D eigenvalue weighted by atomic mass is 19.1. The fraction of sp³-hybridized carbons (Fsp3) is 0.286. The number of hydrogen-bond acceptors (Lipinski definition) is 3. The first kappa shape index (κ1) is 12.6. The lowest BCUT2D eigenvalue weighted by atomic mass is 10.1. The van der Waals surface area contributed by atoms with Crippen LogP contribution in [0.3, 0.4) is 0 Å². The summed E-state index contributed by atoms with van der Waals surface area (Å²) in [5.74, 6) is 0.484. The molecule has 0 atom stereocenters. The number of nitrogens with one attached hydrogen (secondary N) is 1. The first-order valence-electron chi connectivity index (χ1n) is 5.95. The van der Waals surface area contributed by atoms with E-state index in [1.165, 1.54) is 6.07 Å². The molecule has 0 aliphatic rings. The Hall–Kier alpha value is -1.81. The van der Waals surface area contributed by atoms with Crippen LogP contribution in [0.4, 0.5) is 4.39 Å². The van der Waals surface area contributed by atoms with Gasteiger partial charge in [0.2, 0.25) is 0 Å². The Morgan fingerprint density at radius 2 is 2.00 bits per heavy atom. The summed E-state index contributed by atoms with van der Waals surface area (Å²) in [7, 11) is 1.88. The summed E-state index contributed by atoms with van der Waals surface area (Å²) in [4.78, 5) is 8.76. The van der Waals surface area contributed by atoms with E-state index in [0.717, 1.165) is 24.5 Å². The molecule has 0 fully saturated rings. The smallest absolute Gasteiger partial charge is 0.132 e. The van der Waals surface area contributed by atoms with Crippen molar-refractivity contribution in [2.24, 2.45) is 0 Å². The highest BCUT2D eigenvalue weighted by Gasteiger charge is 2.08. The van der Waals surface area contributed by atoms with Gasteiger partial charge in [0.05, 0.1) is 5.69 Å². The molecule has 0 aliphatic heterocycles. The Balaban J connectivity index is 2.39. The molecule has 0 spiro atoms. The molecule has 18 heavy (non-hydrogen) atoms. The quantitative estimate of drug-likeness (QED) is 0.898. The third kappa shape index (κ3) is 2.90. The molecule has 1 heterocycles. The van der Waals surface area contributed by atoms with Crippen molar-refractivity contribution in [2.45, 2.75) is 13.3 Å². The monoisotopic (exact) mass is 245 g/mol. The van der Waals surface area contributed by atoms with Crippen molar-refractivity contribution in [3.8, 4) is 11.3 Å². The van der Waals surface area contributed by atoms with Gasteiger partial charge in [0.15, 0.2) is 0 Å². The SMILES string of the molecule is CNCCc1nc(C)cc(-c2ccccc2F)n1. The summed E-state index contributed by atoms with van der Waals surface area (Å²) >= 11 is 0. The first-order valence-corrected chi connectivity index (χ1v) is 5.95. The Kier molecular flexibility index (Phi) is 3.99. The number of benzene rings is 1. The van der Waals surface area contributed by atoms with Crippen LogP contribution in [0.2, 0.25) is 0 Å². The summed E-state index contributed by atoms with van der Waals surface area (Å²) in [5, 5.41) is 3.05. The molecular formula is C14H16FN3. The zero-order chi connectivity index (χ0) is 13.0. The van der Waals surface area contributed by atoms with Crippen LogP contribution in [-0.4, -0.2) is 23.6 Å². The predicted octanol–water partition coefficient (Wildman–Crippen LogP) is 2.35. The molecule has 0 radical (unpaired) electrons. The molecule has 3 nitrogen and oxygen atoms in total. The lowest BCUT2D eigenvalue weighted by Gasteiger charge is -2.07. The lowest BCUT2D eigenvalue weighted by molar-refractivity contribution is 0.630. The maximum atomic E-state index is 13.7. The minimum absolute atomic E-state index is 0.254. The summed E-state index contributed by atoms with van der Waals surface area (Å²) in [5.41, 5.74) is 2.02. The van der Waals surface area contributed by atoms with Gasteiger partial charge in [-0.1, -0.05) is 12.1 Å². The molecule has 2 rings (SSSR count). The van der Waals surface area contributed by atoms with Gasteiger partial charge in [-0.05, 0) is 32.2 Å². The molecule has 1 N–H and O–H groups in total. The Bertz CT molecular complexity index is 540. The maximum Gasteiger partial charge on any atom is 0.132 e. The van der Waals surface area contributed by atoms with E-state index in [9.17, 15) is 4.39 Å². The Labute approximate surface area is 106 Å². The van der Waals surface area contributed by atoms with Gasteiger partial charge in [-0.2, -0.15) is 0 Å². The summed E-state index contributed by atoms with van der Waals surface area (Å²) in [6, 6.07) is 8.47. The minimum atomic E-state index is -0.254. The third-order valence-corrected chi connectivity index (χ3v) is 2.65. The summed E-state index contributed by atoms with van der Waals surface area (Å²) in [6.07, 6.45) is 0.736. The molecule has 94 valence electrons. The number of likely N-dealkylation sites (N-methyl/N-ethyl adjacent to an activating group) is 1. The van der Waals surface area contributed by atoms with Gasteiger partial charge in [0.25, 0.3) is 0 Å². The van der Waals surface area contributed by atoms with E-state index in [0.29, 0.717) is 11.3 Å². The second-order valence-electron chi connectivity index (χ2n) is 4.14. The van der Waals surface area contributed by atoms with Crippen molar-refractivity contribution in [2.75, 3.05) is 13.6 Å². The van der Waals surface area contributed by atoms with Crippen LogP contribution < -0.4 is 5.32 Å². The van der Waals surface area contributed by atoms with E-state index in [2.05, 4.69) is 15.3 Å². The van der Waals surface area contributed by atoms with E-state index in [1.54, 1.807) is 18.2 Å². The van der Waals surface area contributed by atoms with Gasteiger partial charge in [0, 0.05) is 24.2 Å². The van der Waals surface area contributed by atoms with Crippen molar-refractivity contribution >= 4 is 0 Å². The van der Waals surface area contributed by atoms with Gasteiger partial charge in [0.1, 0.15) is 11.6 Å². The van der Waals surface area contributed by atoms with Gasteiger partial charge in [-0.25, -0.2) is 14.4 Å². The van der Waals surface area contributed by atoms with Crippen LogP contribution in [0, 0.1) is 12.7 Å². The largest absolute Gasteiger partial charge is 0.319 e. The van der Waals surface area contributed by atoms with E-state index in [4.69, 9.17) is 0 Å². The Morgan fingerprint density at radius 3 is 2.72 bits per heavy atom. The molecule has 1 aromatic carbocycles. The fourth-order valence-corrected chi connectivity index (χ4v) is 1.79. The highest BCUT2D eigenvalue weighted by Crippen LogP contribution is 2.21. The van der Waals surface area contributed by atoms with Crippen molar-refractivity contribution in [1.29, 1.82) is 0 Å². The van der Waals surface area contributed by atoms with E-state index in [-0.39, 0.29) is 5.82 Å². The summed E-state index contributed by atoms with van der Waals surface area (Å²) in [6.45, 7) is 2.70. The Morgan fingerprint density at radius 1 is 1.22 bits per heavy atom. The van der Waals surface area contributed by atoms with Crippen molar-refractivity contribution in [3.63, 3.8) is 0 Å². The molecule has 0 amide bonds. The standard InChI is InChI=1S/C14H16FN3/c1-10-9-13(11-5-3-4-6-12(11)15)18-14(17-10)7-8-16-2/h3-6,9,16H,7-8H2,1-2H3.